The fourth-order valence-corrected chi connectivity index (χ4v) is 15.1. The van der Waals surface area contributed by atoms with E-state index in [0.717, 1.165) is 29.9 Å². The van der Waals surface area contributed by atoms with E-state index in [4.69, 9.17) is 0 Å². The fraction of sp³-hybridized carbons (Fsp3) is 0.368. The first-order valence-corrected chi connectivity index (χ1v) is 30.0. The number of benzene rings is 8. The molecule has 0 radical (unpaired) electrons. The van der Waals surface area contributed by atoms with Crippen LogP contribution in [0.4, 0.5) is 51.2 Å². The summed E-state index contributed by atoms with van der Waals surface area (Å²) in [5.41, 5.74) is 30.5. The lowest BCUT2D eigenvalue weighted by atomic mass is 9.33. The van der Waals surface area contributed by atoms with Crippen LogP contribution in [0.2, 0.25) is 0 Å². The summed E-state index contributed by atoms with van der Waals surface area (Å²) in [6.07, 6.45) is 4.68. The van der Waals surface area contributed by atoms with Gasteiger partial charge in [-0.3, -0.25) is 0 Å². The van der Waals surface area contributed by atoms with Gasteiger partial charge in [-0.05, 0) is 222 Å². The second-order valence-corrected chi connectivity index (χ2v) is 30.1. The van der Waals surface area contributed by atoms with E-state index in [0.29, 0.717) is 0 Å². The second-order valence-electron chi connectivity index (χ2n) is 30.1. The molecule has 3 aliphatic carbocycles. The molecular formula is C76H84BN3. The minimum atomic E-state index is -0.170. The first-order chi connectivity index (χ1) is 37.5. The first kappa shape index (κ1) is 52.6. The fourth-order valence-electron chi connectivity index (χ4n) is 15.1. The molecule has 3 nitrogen and oxygen atoms in total. The molecule has 0 bridgehead atoms. The zero-order valence-electron chi connectivity index (χ0n) is 51.2. The molecule has 8 aromatic rings. The Bertz CT molecular complexity index is 3790. The summed E-state index contributed by atoms with van der Waals surface area (Å²) < 4.78 is 0. The van der Waals surface area contributed by atoms with E-state index in [2.05, 4.69) is 284 Å². The molecule has 0 aromatic heterocycles. The summed E-state index contributed by atoms with van der Waals surface area (Å²) >= 11 is 0. The van der Waals surface area contributed by atoms with Gasteiger partial charge in [-0.1, -0.05) is 184 Å². The largest absolute Gasteiger partial charge is 0.311 e. The van der Waals surface area contributed by atoms with Crippen LogP contribution in [0.15, 0.2) is 152 Å². The molecule has 0 spiro atoms. The Morgan fingerprint density at radius 1 is 0.388 bits per heavy atom. The predicted octanol–water partition coefficient (Wildman–Crippen LogP) is 19.1. The van der Waals surface area contributed by atoms with E-state index in [1.54, 1.807) is 0 Å². The van der Waals surface area contributed by atoms with Crippen LogP contribution in [0.3, 0.4) is 0 Å². The molecular weight excluding hydrogens is 966 g/mol. The van der Waals surface area contributed by atoms with E-state index in [1.165, 1.54) is 125 Å². The van der Waals surface area contributed by atoms with Gasteiger partial charge < -0.3 is 14.7 Å². The van der Waals surface area contributed by atoms with Crippen molar-refractivity contribution >= 4 is 74.3 Å². The normalized spacial score (nSPS) is 18.3. The third kappa shape index (κ3) is 8.02. The van der Waals surface area contributed by atoms with Crippen molar-refractivity contribution in [3.8, 4) is 11.1 Å². The van der Waals surface area contributed by atoms with Crippen molar-refractivity contribution in [3.63, 3.8) is 0 Å². The maximum absolute atomic E-state index is 2.71. The lowest BCUT2D eigenvalue weighted by Gasteiger charge is -2.48. The van der Waals surface area contributed by atoms with Crippen LogP contribution in [0.1, 0.15) is 187 Å². The number of aryl methyl sites for hydroxylation is 1. The van der Waals surface area contributed by atoms with E-state index < -0.39 is 0 Å². The van der Waals surface area contributed by atoms with E-state index in [9.17, 15) is 0 Å². The van der Waals surface area contributed by atoms with Crippen LogP contribution in [0, 0.1) is 6.92 Å². The minimum Gasteiger partial charge on any atom is -0.311 e. The van der Waals surface area contributed by atoms with Crippen LogP contribution in [0.5, 0.6) is 0 Å². The molecule has 0 atom stereocenters. The highest BCUT2D eigenvalue weighted by Crippen LogP contribution is 2.55. The molecule has 406 valence electrons. The molecule has 80 heavy (non-hydrogen) atoms. The molecule has 2 aliphatic heterocycles. The van der Waals surface area contributed by atoms with Crippen molar-refractivity contribution in [2.24, 2.45) is 0 Å². The third-order valence-electron chi connectivity index (χ3n) is 20.3. The van der Waals surface area contributed by atoms with Gasteiger partial charge in [0.15, 0.2) is 0 Å². The highest BCUT2D eigenvalue weighted by atomic mass is 15.2. The molecule has 0 fully saturated rings. The molecule has 13 rings (SSSR count). The molecule has 4 heteroatoms. The van der Waals surface area contributed by atoms with Gasteiger partial charge in [-0.25, -0.2) is 0 Å². The SMILES string of the molecule is Cc1cc2c3c(c1)N(c1ccc4c(c1)C(C)(C)CCC4(C)C)c1cc4c(cc1B3c1ccc(N(c3ccc(C(C)(C)C)cc3)c3ccc(C(C)(C)C)cc3)cc1N2c1ccc2c(c1)C(C)(C)c1ccccc1-2)C(C)(C)CCC4(C)C. The highest BCUT2D eigenvalue weighted by molar-refractivity contribution is 7.00. The van der Waals surface area contributed by atoms with Gasteiger partial charge >= 0.3 is 0 Å². The molecule has 0 saturated heterocycles. The van der Waals surface area contributed by atoms with E-state index in [-0.39, 0.29) is 44.6 Å². The minimum absolute atomic E-state index is 0.0213. The average Bonchev–Trinajstić information content (AvgIpc) is 3.69. The molecule has 0 unspecified atom stereocenters. The van der Waals surface area contributed by atoms with Gasteiger partial charge in [-0.15, -0.1) is 0 Å². The van der Waals surface area contributed by atoms with E-state index >= 15 is 0 Å². The number of hydrogen-bond acceptors (Lipinski definition) is 3. The van der Waals surface area contributed by atoms with Gasteiger partial charge in [0.25, 0.3) is 6.71 Å². The molecule has 2 heterocycles. The summed E-state index contributed by atoms with van der Waals surface area (Å²) in [4.78, 5) is 7.86. The second kappa shape index (κ2) is 17.4. The molecule has 8 aromatic carbocycles. The zero-order valence-corrected chi connectivity index (χ0v) is 51.2. The van der Waals surface area contributed by atoms with Gasteiger partial charge in [-0.2, -0.15) is 0 Å². The number of rotatable bonds is 5. The molecule has 0 amide bonds. The Balaban J connectivity index is 1.11. The Labute approximate surface area is 480 Å². The summed E-state index contributed by atoms with van der Waals surface area (Å²) in [5, 5.41) is 0. The summed E-state index contributed by atoms with van der Waals surface area (Å²) in [7, 11) is 0. The molecule has 0 N–H and O–H groups in total. The van der Waals surface area contributed by atoms with Gasteiger partial charge in [0.2, 0.25) is 0 Å². The van der Waals surface area contributed by atoms with Crippen LogP contribution in [0.25, 0.3) is 11.1 Å². The Morgan fingerprint density at radius 2 is 0.838 bits per heavy atom. The standard InChI is InChI=1S/C76H84BN3/c1-47-40-67-69-68(41-47)80(53-31-34-58-60(43-53)73(10,11)37-36-72(58,8)9)66-46-62-61(74(12,13)38-39-75(62,14)15)45-64(66)77(69)63-35-32-54(44-65(63)79(67)52-30-33-56-55-20-18-19-21-57(55)76(16,17)59(56)42-52)78(50-26-22-48(23-27-50)70(2,3)4)51-28-24-49(25-29-51)71(5,6)7/h18-35,40-46H,36-39H2,1-17H3. The number of hydrogen-bond donors (Lipinski definition) is 0. The van der Waals surface area contributed by atoms with Gasteiger partial charge in [0.1, 0.15) is 0 Å². The van der Waals surface area contributed by atoms with E-state index in [1.807, 2.05) is 0 Å². The Morgan fingerprint density at radius 3 is 1.39 bits per heavy atom. The molecule has 0 saturated carbocycles. The van der Waals surface area contributed by atoms with Crippen molar-refractivity contribution in [1.29, 1.82) is 0 Å². The molecule has 5 aliphatic rings. The third-order valence-corrected chi connectivity index (χ3v) is 20.3. The van der Waals surface area contributed by atoms with Gasteiger partial charge in [0.05, 0.1) is 0 Å². The van der Waals surface area contributed by atoms with Crippen LogP contribution in [-0.4, -0.2) is 6.71 Å². The van der Waals surface area contributed by atoms with Crippen molar-refractivity contribution in [2.45, 2.75) is 181 Å². The monoisotopic (exact) mass is 1050 g/mol. The number of anilines is 9. The zero-order chi connectivity index (χ0) is 56.6. The van der Waals surface area contributed by atoms with Crippen LogP contribution >= 0.6 is 0 Å². The first-order valence-electron chi connectivity index (χ1n) is 30.0. The van der Waals surface area contributed by atoms with Gasteiger partial charge in [0, 0.05) is 56.6 Å². The van der Waals surface area contributed by atoms with Crippen molar-refractivity contribution in [3.05, 3.63) is 202 Å². The maximum Gasteiger partial charge on any atom is 0.252 e. The topological polar surface area (TPSA) is 9.72 Å². The smallest absolute Gasteiger partial charge is 0.252 e. The Hall–Kier alpha value is -6.78. The lowest BCUT2D eigenvalue weighted by molar-refractivity contribution is 0.332. The van der Waals surface area contributed by atoms with Crippen molar-refractivity contribution in [2.75, 3.05) is 14.7 Å². The summed E-state index contributed by atoms with van der Waals surface area (Å²) in [6, 6.07) is 60.5. The maximum atomic E-state index is 2.71. The predicted molar refractivity (Wildman–Crippen MR) is 345 cm³/mol. The number of fused-ring (bicyclic) bond motifs is 9. The van der Waals surface area contributed by atoms with Crippen LogP contribution in [-0.2, 0) is 37.9 Å². The quantitative estimate of drug-likeness (QED) is 0.159. The Kier molecular flexibility index (Phi) is 11.4. The number of nitrogens with zero attached hydrogens (tertiary/aromatic N) is 3. The lowest BCUT2D eigenvalue weighted by Crippen LogP contribution is -2.62. The average molecular weight is 1050 g/mol. The highest BCUT2D eigenvalue weighted by Gasteiger charge is 2.48. The summed E-state index contributed by atoms with van der Waals surface area (Å²) in [5.74, 6) is 0. The summed E-state index contributed by atoms with van der Waals surface area (Å²) in [6.45, 7) is 40.8. The van der Waals surface area contributed by atoms with Crippen LogP contribution < -0.4 is 31.1 Å². The van der Waals surface area contributed by atoms with Crippen molar-refractivity contribution in [1.82, 2.24) is 0 Å². The van der Waals surface area contributed by atoms with Crippen molar-refractivity contribution < 1.29 is 0 Å².